The summed E-state index contributed by atoms with van der Waals surface area (Å²) in [6.45, 7) is 2.78. The molecule has 5 rings (SSSR count). The van der Waals surface area contributed by atoms with E-state index in [4.69, 9.17) is 5.73 Å². The molecule has 2 aromatic heterocycles. The number of benzene rings is 1. The van der Waals surface area contributed by atoms with Gasteiger partial charge in [-0.1, -0.05) is 0 Å². The SMILES string of the molecule is Cc1c(-c2cc3cc(N(C(=O)O)C4CC(O)C4)ncc3c(N)c2F)cnc2c1NCCC2. The van der Waals surface area contributed by atoms with Crippen LogP contribution in [0.3, 0.4) is 0 Å². The predicted molar refractivity (Wildman–Crippen MR) is 120 cm³/mol. The molecule has 0 radical (unpaired) electrons. The van der Waals surface area contributed by atoms with Crippen LogP contribution in [0.5, 0.6) is 0 Å². The zero-order valence-electron chi connectivity index (χ0n) is 17.6. The lowest BCUT2D eigenvalue weighted by molar-refractivity contribution is 0.0725. The van der Waals surface area contributed by atoms with E-state index in [0.29, 0.717) is 34.7 Å². The third-order valence-electron chi connectivity index (χ3n) is 6.49. The minimum absolute atomic E-state index is 0.0393. The van der Waals surface area contributed by atoms with Crippen molar-refractivity contribution in [3.8, 4) is 11.1 Å². The minimum atomic E-state index is -1.15. The summed E-state index contributed by atoms with van der Waals surface area (Å²) in [5.74, 6) is -0.328. The molecule has 3 aromatic rings. The van der Waals surface area contributed by atoms with Gasteiger partial charge in [0.25, 0.3) is 0 Å². The van der Waals surface area contributed by atoms with Crippen molar-refractivity contribution >= 4 is 34.1 Å². The summed E-state index contributed by atoms with van der Waals surface area (Å²) in [6.07, 6.45) is 4.01. The van der Waals surface area contributed by atoms with E-state index in [1.54, 1.807) is 18.3 Å². The van der Waals surface area contributed by atoms with Crippen molar-refractivity contribution in [2.75, 3.05) is 22.5 Å². The molecule has 9 heteroatoms. The zero-order valence-corrected chi connectivity index (χ0v) is 17.6. The molecule has 8 nitrogen and oxygen atoms in total. The first-order valence-electron chi connectivity index (χ1n) is 10.7. The maximum absolute atomic E-state index is 15.3. The molecule has 0 bridgehead atoms. The lowest BCUT2D eigenvalue weighted by Crippen LogP contribution is -2.50. The van der Waals surface area contributed by atoms with E-state index >= 15 is 4.39 Å². The van der Waals surface area contributed by atoms with Gasteiger partial charge in [0.2, 0.25) is 0 Å². The van der Waals surface area contributed by atoms with Crippen molar-refractivity contribution in [1.82, 2.24) is 9.97 Å². The number of pyridine rings is 2. The third-order valence-corrected chi connectivity index (χ3v) is 6.49. The number of amides is 1. The first kappa shape index (κ1) is 20.4. The van der Waals surface area contributed by atoms with Crippen molar-refractivity contribution in [3.05, 3.63) is 41.6 Å². The quantitative estimate of drug-likeness (QED) is 0.461. The van der Waals surface area contributed by atoms with Gasteiger partial charge in [0.1, 0.15) is 5.82 Å². The number of nitrogens with two attached hydrogens (primary N) is 1. The monoisotopic (exact) mass is 437 g/mol. The van der Waals surface area contributed by atoms with E-state index in [1.165, 1.54) is 6.20 Å². The Morgan fingerprint density at radius 2 is 2.03 bits per heavy atom. The number of aryl methyl sites for hydroxylation is 1. The molecule has 0 spiro atoms. The average molecular weight is 437 g/mol. The highest BCUT2D eigenvalue weighted by molar-refractivity contribution is 5.99. The number of aliphatic hydroxyl groups excluding tert-OH is 1. The molecule has 1 saturated carbocycles. The smallest absolute Gasteiger partial charge is 0.413 e. The summed E-state index contributed by atoms with van der Waals surface area (Å²) in [6, 6.07) is 2.93. The number of hydrogen-bond acceptors (Lipinski definition) is 6. The summed E-state index contributed by atoms with van der Waals surface area (Å²) in [5.41, 5.74) is 9.85. The summed E-state index contributed by atoms with van der Waals surface area (Å²) in [4.78, 5) is 21.8. The number of fused-ring (bicyclic) bond motifs is 2. The van der Waals surface area contributed by atoms with Gasteiger partial charge in [-0.15, -0.1) is 0 Å². The van der Waals surface area contributed by atoms with Gasteiger partial charge in [-0.05, 0) is 55.7 Å². The van der Waals surface area contributed by atoms with Crippen LogP contribution in [0.15, 0.2) is 24.5 Å². The van der Waals surface area contributed by atoms with Gasteiger partial charge in [0.05, 0.1) is 23.2 Å². The highest BCUT2D eigenvalue weighted by Gasteiger charge is 2.36. The summed E-state index contributed by atoms with van der Waals surface area (Å²) < 4.78 is 15.3. The number of nitrogens with zero attached hydrogens (tertiary/aromatic N) is 3. The van der Waals surface area contributed by atoms with Crippen LogP contribution >= 0.6 is 0 Å². The first-order chi connectivity index (χ1) is 15.3. The molecule has 0 saturated heterocycles. The Balaban J connectivity index is 1.64. The highest BCUT2D eigenvalue weighted by atomic mass is 19.1. The molecule has 2 aliphatic rings. The molecule has 0 unspecified atom stereocenters. The number of halogens is 1. The van der Waals surface area contributed by atoms with Crippen LogP contribution in [-0.2, 0) is 6.42 Å². The number of nitrogen functional groups attached to an aromatic ring is 1. The van der Waals surface area contributed by atoms with E-state index in [0.717, 1.165) is 41.2 Å². The lowest BCUT2D eigenvalue weighted by atomic mass is 9.88. The van der Waals surface area contributed by atoms with Gasteiger partial charge in [0, 0.05) is 41.5 Å². The minimum Gasteiger partial charge on any atom is -0.465 e. The maximum Gasteiger partial charge on any atom is 0.413 e. The van der Waals surface area contributed by atoms with Gasteiger partial charge >= 0.3 is 6.09 Å². The topological polar surface area (TPSA) is 125 Å². The van der Waals surface area contributed by atoms with E-state index in [1.807, 2.05) is 6.92 Å². The second kappa shape index (κ2) is 7.59. The number of aliphatic hydroxyl groups is 1. The van der Waals surface area contributed by atoms with E-state index in [2.05, 4.69) is 15.3 Å². The molecular weight excluding hydrogens is 413 g/mol. The summed E-state index contributed by atoms with van der Waals surface area (Å²) >= 11 is 0. The summed E-state index contributed by atoms with van der Waals surface area (Å²) in [7, 11) is 0. The van der Waals surface area contributed by atoms with Crippen LogP contribution in [-0.4, -0.2) is 45.0 Å². The van der Waals surface area contributed by atoms with Crippen LogP contribution in [0.1, 0.15) is 30.5 Å². The highest BCUT2D eigenvalue weighted by Crippen LogP contribution is 2.39. The first-order valence-corrected chi connectivity index (χ1v) is 10.7. The number of anilines is 3. The number of carbonyl (C=O) groups is 1. The fraction of sp³-hybridized carbons (Fsp3) is 0.348. The molecule has 3 heterocycles. The van der Waals surface area contributed by atoms with Gasteiger partial charge in [-0.2, -0.15) is 0 Å². The molecular formula is C23H24FN5O3. The largest absolute Gasteiger partial charge is 0.465 e. The normalized spacial score (nSPS) is 19.7. The van der Waals surface area contributed by atoms with Crippen molar-refractivity contribution in [2.45, 2.75) is 44.8 Å². The number of rotatable bonds is 3. The standard InChI is InChI=1S/C23H24FN5O3/c1-11-16(9-27-18-3-2-4-26-22(11)18)15-5-12-6-19(28-10-17(12)21(25)20(15)24)29(23(31)32)13-7-14(30)8-13/h5-6,9-10,13-14,26,30H,2-4,7-8,25H2,1H3,(H,31,32). The van der Waals surface area contributed by atoms with Gasteiger partial charge in [-0.25, -0.2) is 14.2 Å². The molecule has 5 N–H and O–H groups in total. The Morgan fingerprint density at radius 1 is 1.25 bits per heavy atom. The number of nitrogens with one attached hydrogen (secondary N) is 1. The Kier molecular flexibility index (Phi) is 4.85. The van der Waals surface area contributed by atoms with Crippen molar-refractivity contribution in [3.63, 3.8) is 0 Å². The Morgan fingerprint density at radius 3 is 2.75 bits per heavy atom. The van der Waals surface area contributed by atoms with Crippen LogP contribution in [0, 0.1) is 12.7 Å². The molecule has 1 aromatic carbocycles. The molecule has 0 atom stereocenters. The molecule has 1 fully saturated rings. The molecule has 1 amide bonds. The number of carboxylic acid groups (broad SMARTS) is 1. The van der Waals surface area contributed by atoms with Crippen molar-refractivity contribution in [2.24, 2.45) is 0 Å². The van der Waals surface area contributed by atoms with Crippen LogP contribution in [0.2, 0.25) is 0 Å². The summed E-state index contributed by atoms with van der Waals surface area (Å²) in [5, 5.41) is 23.7. The Hall–Kier alpha value is -3.46. The number of hydrogen-bond donors (Lipinski definition) is 4. The second-order valence-corrected chi connectivity index (χ2v) is 8.50. The zero-order chi connectivity index (χ0) is 22.6. The van der Waals surface area contributed by atoms with Crippen molar-refractivity contribution < 1.29 is 19.4 Å². The lowest BCUT2D eigenvalue weighted by Gasteiger charge is -2.38. The molecule has 32 heavy (non-hydrogen) atoms. The van der Waals surface area contributed by atoms with Crippen LogP contribution in [0.4, 0.5) is 26.4 Å². The van der Waals surface area contributed by atoms with E-state index < -0.39 is 18.0 Å². The van der Waals surface area contributed by atoms with Gasteiger partial charge in [-0.3, -0.25) is 9.88 Å². The molecule has 1 aliphatic heterocycles. The van der Waals surface area contributed by atoms with Crippen LogP contribution in [0.25, 0.3) is 21.9 Å². The predicted octanol–water partition coefficient (Wildman–Crippen LogP) is 3.69. The average Bonchev–Trinajstić information content (AvgIpc) is 2.76. The molecule has 166 valence electrons. The Bertz CT molecular complexity index is 1240. The van der Waals surface area contributed by atoms with Gasteiger partial charge in [0.15, 0.2) is 5.82 Å². The van der Waals surface area contributed by atoms with Crippen molar-refractivity contribution in [1.29, 1.82) is 0 Å². The van der Waals surface area contributed by atoms with E-state index in [-0.39, 0.29) is 17.5 Å². The van der Waals surface area contributed by atoms with Crippen LogP contribution < -0.4 is 16.0 Å². The fourth-order valence-electron chi connectivity index (χ4n) is 4.64. The third kappa shape index (κ3) is 3.20. The van der Waals surface area contributed by atoms with Gasteiger partial charge < -0.3 is 21.3 Å². The second-order valence-electron chi connectivity index (χ2n) is 8.50. The molecule has 1 aliphatic carbocycles. The maximum atomic E-state index is 15.3. The number of aromatic nitrogens is 2. The van der Waals surface area contributed by atoms with E-state index in [9.17, 15) is 15.0 Å². The Labute approximate surface area is 183 Å². The fourth-order valence-corrected chi connectivity index (χ4v) is 4.64.